The van der Waals surface area contributed by atoms with Crippen molar-refractivity contribution in [2.75, 3.05) is 30.5 Å². The van der Waals surface area contributed by atoms with Crippen molar-refractivity contribution in [1.29, 1.82) is 0 Å². The highest BCUT2D eigenvalue weighted by molar-refractivity contribution is 7.90. The van der Waals surface area contributed by atoms with Crippen molar-refractivity contribution < 1.29 is 17.9 Å². The molecular formula is C20H32N2O4S. The van der Waals surface area contributed by atoms with E-state index < -0.39 is 9.84 Å². The molecule has 0 spiro atoms. The van der Waals surface area contributed by atoms with Gasteiger partial charge in [-0.2, -0.15) is 0 Å². The second-order valence-electron chi connectivity index (χ2n) is 7.76. The summed E-state index contributed by atoms with van der Waals surface area (Å²) in [7, 11) is -3.06. The molecule has 2 amide bonds. The Morgan fingerprint density at radius 3 is 2.78 bits per heavy atom. The molecule has 1 atom stereocenters. The number of benzene rings is 1. The molecule has 0 aromatic heterocycles. The van der Waals surface area contributed by atoms with Crippen LogP contribution in [0.4, 0.5) is 10.5 Å². The molecule has 1 aromatic carbocycles. The highest BCUT2D eigenvalue weighted by Crippen LogP contribution is 2.24. The number of rotatable bonds is 7. The number of sulfone groups is 1. The van der Waals surface area contributed by atoms with Crippen molar-refractivity contribution in [1.82, 2.24) is 4.90 Å². The van der Waals surface area contributed by atoms with Crippen LogP contribution < -0.4 is 10.1 Å². The molecule has 1 N–H and O–H groups in total. The number of carbonyl (C=O) groups excluding carboxylic acids is 1. The zero-order chi connectivity index (χ0) is 19.9. The van der Waals surface area contributed by atoms with Gasteiger partial charge in [-0.15, -0.1) is 0 Å². The number of hydrogen-bond donors (Lipinski definition) is 1. The van der Waals surface area contributed by atoms with Crippen molar-refractivity contribution in [3.8, 4) is 5.75 Å². The Morgan fingerprint density at radius 2 is 2.07 bits per heavy atom. The Kier molecular flexibility index (Phi) is 7.95. The number of likely N-dealkylation sites (tertiary alicyclic amines) is 1. The first-order valence-corrected chi connectivity index (χ1v) is 11.8. The maximum atomic E-state index is 12.9. The van der Waals surface area contributed by atoms with E-state index in [9.17, 15) is 13.2 Å². The molecule has 1 saturated heterocycles. The smallest absolute Gasteiger partial charge is 0.322 e. The van der Waals surface area contributed by atoms with Crippen molar-refractivity contribution in [2.24, 2.45) is 5.92 Å². The zero-order valence-corrected chi connectivity index (χ0v) is 17.4. The van der Waals surface area contributed by atoms with E-state index in [2.05, 4.69) is 19.2 Å². The van der Waals surface area contributed by atoms with Crippen LogP contribution in [0.15, 0.2) is 24.3 Å². The van der Waals surface area contributed by atoms with Gasteiger partial charge in [-0.3, -0.25) is 0 Å². The van der Waals surface area contributed by atoms with E-state index in [0.29, 0.717) is 17.4 Å². The van der Waals surface area contributed by atoms with E-state index in [0.717, 1.165) is 25.8 Å². The molecule has 1 heterocycles. The van der Waals surface area contributed by atoms with Crippen LogP contribution in [-0.2, 0) is 9.84 Å². The molecule has 1 fully saturated rings. The predicted molar refractivity (Wildman–Crippen MR) is 109 cm³/mol. The van der Waals surface area contributed by atoms with E-state index in [1.165, 1.54) is 19.1 Å². The number of urea groups is 1. The highest BCUT2D eigenvalue weighted by Gasteiger charge is 2.26. The Morgan fingerprint density at radius 1 is 1.30 bits per heavy atom. The van der Waals surface area contributed by atoms with Crippen molar-refractivity contribution in [3.63, 3.8) is 0 Å². The van der Waals surface area contributed by atoms with E-state index in [4.69, 9.17) is 4.74 Å². The fourth-order valence-corrected chi connectivity index (χ4v) is 3.79. The highest BCUT2D eigenvalue weighted by atomic mass is 32.2. The molecule has 0 bridgehead atoms. The van der Waals surface area contributed by atoms with Gasteiger partial charge in [0.15, 0.2) is 9.84 Å². The van der Waals surface area contributed by atoms with Crippen LogP contribution in [0.25, 0.3) is 0 Å². The summed E-state index contributed by atoms with van der Waals surface area (Å²) in [6, 6.07) is 7.30. The summed E-state index contributed by atoms with van der Waals surface area (Å²) in [5, 5.41) is 2.98. The van der Waals surface area contributed by atoms with Crippen LogP contribution in [0.5, 0.6) is 5.75 Å². The van der Waals surface area contributed by atoms with E-state index in [1.807, 2.05) is 11.0 Å². The maximum Gasteiger partial charge on any atom is 0.322 e. The Hall–Kier alpha value is -1.76. The van der Waals surface area contributed by atoms with Crippen LogP contribution in [-0.4, -0.2) is 50.6 Å². The third-order valence-corrected chi connectivity index (χ3v) is 5.60. The van der Waals surface area contributed by atoms with Crippen molar-refractivity contribution >= 4 is 21.6 Å². The van der Waals surface area contributed by atoms with E-state index >= 15 is 0 Å². The normalized spacial score (nSPS) is 18.2. The molecule has 7 heteroatoms. The number of nitrogens with one attached hydrogen (secondary N) is 1. The van der Waals surface area contributed by atoms with Crippen LogP contribution in [0.2, 0.25) is 0 Å². The average molecular weight is 397 g/mol. The van der Waals surface area contributed by atoms with Crippen molar-refractivity contribution in [2.45, 2.75) is 52.0 Å². The molecule has 1 aliphatic rings. The fraction of sp³-hybridized carbons (Fsp3) is 0.650. The lowest BCUT2D eigenvalue weighted by Gasteiger charge is -2.31. The number of anilines is 1. The van der Waals surface area contributed by atoms with Gasteiger partial charge in [-0.05, 0) is 37.3 Å². The number of carbonyl (C=O) groups is 1. The molecular weight excluding hydrogens is 364 g/mol. The second-order valence-corrected chi connectivity index (χ2v) is 10.0. The van der Waals surface area contributed by atoms with E-state index in [-0.39, 0.29) is 24.4 Å². The molecule has 2 rings (SSSR count). The minimum absolute atomic E-state index is 0.0335. The minimum atomic E-state index is -3.06. The molecule has 152 valence electrons. The maximum absolute atomic E-state index is 12.9. The van der Waals surface area contributed by atoms with Crippen LogP contribution in [0, 0.1) is 5.92 Å². The summed E-state index contributed by atoms with van der Waals surface area (Å²) in [6.45, 7) is 5.27. The van der Waals surface area contributed by atoms with Gasteiger partial charge >= 0.3 is 6.03 Å². The molecule has 1 aromatic rings. The van der Waals surface area contributed by atoms with Crippen LogP contribution in [0.3, 0.4) is 0 Å². The standard InChI is InChI=1S/C20H32N2O4S/c1-16(2)14-18-9-5-4-6-11-22(18)20(23)21-17-8-7-10-19(15-17)26-12-13-27(3,24)25/h7-8,10,15-16,18H,4-6,9,11-14H2,1-3H3,(H,21,23). The first-order chi connectivity index (χ1) is 12.7. The molecule has 0 saturated carbocycles. The molecule has 0 radical (unpaired) electrons. The monoisotopic (exact) mass is 396 g/mol. The summed E-state index contributed by atoms with van der Waals surface area (Å²) in [5.41, 5.74) is 0.657. The Balaban J connectivity index is 1.99. The van der Waals surface area contributed by atoms with Crippen LogP contribution in [0.1, 0.15) is 46.0 Å². The summed E-state index contributed by atoms with van der Waals surface area (Å²) >= 11 is 0. The first kappa shape index (κ1) is 21.5. The molecule has 1 aliphatic heterocycles. The van der Waals surface area contributed by atoms with Gasteiger partial charge in [-0.25, -0.2) is 13.2 Å². The third-order valence-electron chi connectivity index (χ3n) is 4.69. The van der Waals surface area contributed by atoms with E-state index in [1.54, 1.807) is 18.2 Å². The number of ether oxygens (including phenoxy) is 1. The lowest BCUT2D eigenvalue weighted by Crippen LogP contribution is -2.43. The number of nitrogens with zero attached hydrogens (tertiary/aromatic N) is 1. The molecule has 0 aliphatic carbocycles. The van der Waals surface area contributed by atoms with Gasteiger partial charge < -0.3 is 15.0 Å². The zero-order valence-electron chi connectivity index (χ0n) is 16.6. The van der Waals surface area contributed by atoms with Gasteiger partial charge in [0.2, 0.25) is 0 Å². The van der Waals surface area contributed by atoms with Gasteiger partial charge in [0.25, 0.3) is 0 Å². The third kappa shape index (κ3) is 7.79. The molecule has 27 heavy (non-hydrogen) atoms. The Labute approximate surface area is 163 Å². The largest absolute Gasteiger partial charge is 0.492 e. The SMILES string of the molecule is CC(C)CC1CCCCCN1C(=O)Nc1cccc(OCCS(C)(=O)=O)c1. The Bertz CT molecular complexity index is 718. The van der Waals surface area contributed by atoms with Gasteiger partial charge in [0.05, 0.1) is 5.75 Å². The number of amides is 2. The van der Waals surface area contributed by atoms with Gasteiger partial charge in [0.1, 0.15) is 12.4 Å². The van der Waals surface area contributed by atoms with Crippen molar-refractivity contribution in [3.05, 3.63) is 24.3 Å². The predicted octanol–water partition coefficient (Wildman–Crippen LogP) is 3.93. The van der Waals surface area contributed by atoms with Crippen LogP contribution >= 0.6 is 0 Å². The fourth-order valence-electron chi connectivity index (χ4n) is 3.40. The lowest BCUT2D eigenvalue weighted by molar-refractivity contribution is 0.178. The lowest BCUT2D eigenvalue weighted by atomic mass is 9.99. The molecule has 1 unspecified atom stereocenters. The summed E-state index contributed by atoms with van der Waals surface area (Å²) in [4.78, 5) is 14.8. The topological polar surface area (TPSA) is 75.7 Å². The van der Waals surface area contributed by atoms with Gasteiger partial charge in [0, 0.05) is 30.6 Å². The average Bonchev–Trinajstić information content (AvgIpc) is 2.79. The minimum Gasteiger partial charge on any atom is -0.492 e. The quantitative estimate of drug-likeness (QED) is 0.758. The number of hydrogen-bond acceptors (Lipinski definition) is 4. The second kappa shape index (κ2) is 9.97. The summed E-state index contributed by atoms with van der Waals surface area (Å²) in [5.74, 6) is 1.06. The van der Waals surface area contributed by atoms with Gasteiger partial charge in [-0.1, -0.05) is 32.8 Å². The summed E-state index contributed by atoms with van der Waals surface area (Å²) in [6.07, 6.45) is 6.63. The summed E-state index contributed by atoms with van der Waals surface area (Å²) < 4.78 is 27.9. The molecule has 6 nitrogen and oxygen atoms in total. The first-order valence-electron chi connectivity index (χ1n) is 9.73.